The van der Waals surface area contributed by atoms with Gasteiger partial charge in [-0.25, -0.2) is 4.79 Å². The first-order chi connectivity index (χ1) is 69.7. The molecule has 0 bridgehead atoms. The highest BCUT2D eigenvalue weighted by molar-refractivity contribution is 6.58. The Kier molecular flexibility index (Phi) is 54.9. The van der Waals surface area contributed by atoms with E-state index in [4.69, 9.17) is 66.3 Å². The van der Waals surface area contributed by atoms with Gasteiger partial charge in [0.1, 0.15) is 6.61 Å². The van der Waals surface area contributed by atoms with Gasteiger partial charge in [0.05, 0.1) is 5.92 Å². The number of unbranched alkanes of at least 4 members (excludes halogenated alkanes) is 2. The quantitative estimate of drug-likeness (QED) is 0.0174. The van der Waals surface area contributed by atoms with Gasteiger partial charge in [0, 0.05) is 111 Å². The summed E-state index contributed by atoms with van der Waals surface area (Å²) in [6.45, 7) is 17.1. The van der Waals surface area contributed by atoms with Crippen molar-refractivity contribution >= 4 is 136 Å². The lowest BCUT2D eigenvalue weighted by Gasteiger charge is -2.29. The molecule has 144 heavy (non-hydrogen) atoms. The largest absolute Gasteiger partial charge is 0.481 e. The van der Waals surface area contributed by atoms with Crippen LogP contribution in [0.5, 0.6) is 0 Å². The number of hydrogen-bond acceptors (Lipinski definition) is 16. The van der Waals surface area contributed by atoms with Crippen LogP contribution in [0.3, 0.4) is 0 Å². The summed E-state index contributed by atoms with van der Waals surface area (Å²) in [4.78, 5) is 116. The predicted octanol–water partition coefficient (Wildman–Crippen LogP) is 18.3. The van der Waals surface area contributed by atoms with Gasteiger partial charge in [0.15, 0.2) is 68.3 Å². The van der Waals surface area contributed by atoms with E-state index in [1.54, 1.807) is 0 Å². The number of fused-ring (bicyclic) bond motifs is 3. The van der Waals surface area contributed by atoms with E-state index in [2.05, 4.69) is 108 Å². The van der Waals surface area contributed by atoms with Crippen LogP contribution in [0.4, 0.5) is 34.5 Å². The molecule has 7 aliphatic rings. The molecule has 9 amide bonds. The molecular formula is C113H159B5N14O12. The van der Waals surface area contributed by atoms with Crippen LogP contribution < -0.4 is 75.3 Å². The normalized spacial score (nSPS) is 22.0. The molecule has 0 atom stereocenters. The maximum Gasteiger partial charge on any atom is 0.407 e. The summed E-state index contributed by atoms with van der Waals surface area (Å²) in [5, 5.41) is 44.4. The van der Waals surface area contributed by atoms with Gasteiger partial charge in [0.25, 0.3) is 17.7 Å². The second-order valence-corrected chi connectivity index (χ2v) is 39.6. The summed E-state index contributed by atoms with van der Waals surface area (Å²) < 4.78 is 5.21. The maximum absolute atomic E-state index is 13.0. The fourth-order valence-electron chi connectivity index (χ4n) is 20.0. The van der Waals surface area contributed by atoms with Gasteiger partial charge in [-0.3, -0.25) is 43.2 Å². The van der Waals surface area contributed by atoms with Crippen molar-refractivity contribution in [2.24, 2.45) is 64.5 Å². The van der Waals surface area contributed by atoms with Crippen molar-refractivity contribution in [1.29, 1.82) is 0 Å². The molecule has 0 spiro atoms. The van der Waals surface area contributed by atoms with Crippen LogP contribution in [0.2, 0.25) is 0 Å². The van der Waals surface area contributed by atoms with Crippen LogP contribution in [0.1, 0.15) is 275 Å². The number of amides is 9. The van der Waals surface area contributed by atoms with Crippen LogP contribution in [0.25, 0.3) is 32.3 Å². The van der Waals surface area contributed by atoms with E-state index >= 15 is 0 Å². The number of nitrogens with zero attached hydrogens (tertiary/aromatic N) is 1. The SMILES string of the molecule is CC.CCCCN(CCCC)c1ccc(CNCC2CCC(NC(=O)c3cccc4ccccc34)CC2)cc1.NCC1CCC(NC(=O)c2cccc3ccccc23)CC1.[B]C(=O)NCC1CCC(C(=O)O)CC1.[B]C(=O)NCC1CCC(N)CC1.[B]C(=O)NCC1CCC(N)CC1.[B]C(=O)NCC1CCC(NC(=O)OCc2ccccc2)CC1.[B]C(=O)NCC1CCC(NC(=O)c2cccc3ccccc23)CC1. The van der Waals surface area contributed by atoms with Crippen molar-refractivity contribution in [1.82, 2.24) is 53.2 Å². The zero-order valence-electron chi connectivity index (χ0n) is 85.8. The van der Waals surface area contributed by atoms with Crippen molar-refractivity contribution in [3.05, 3.63) is 210 Å². The topological polar surface area (TPSA) is 402 Å². The summed E-state index contributed by atoms with van der Waals surface area (Å²) in [6.07, 6.45) is 32.8. The van der Waals surface area contributed by atoms with Crippen LogP contribution in [-0.4, -0.2) is 198 Å². The van der Waals surface area contributed by atoms with Crippen molar-refractivity contribution in [2.45, 2.75) is 283 Å². The molecule has 0 aliphatic heterocycles. The molecule has 7 aliphatic carbocycles. The van der Waals surface area contributed by atoms with Crippen molar-refractivity contribution < 1.29 is 57.8 Å². The summed E-state index contributed by atoms with van der Waals surface area (Å²) in [5.41, 5.74) is 23.2. The lowest BCUT2D eigenvalue weighted by Crippen LogP contribution is -2.39. The molecule has 7 saturated carbocycles. The first-order valence-corrected chi connectivity index (χ1v) is 53.2. The van der Waals surface area contributed by atoms with Crippen LogP contribution in [-0.2, 0) is 22.7 Å². The van der Waals surface area contributed by atoms with Gasteiger partial charge in [-0.2, -0.15) is 0 Å². The molecule has 0 aromatic heterocycles. The van der Waals surface area contributed by atoms with E-state index in [1.807, 2.05) is 159 Å². The van der Waals surface area contributed by atoms with Crippen molar-refractivity contribution in [3.8, 4) is 0 Å². The molecule has 15 rings (SSSR count). The number of carbonyl (C=O) groups excluding carboxylic acids is 9. The van der Waals surface area contributed by atoms with Gasteiger partial charge in [0.2, 0.25) is 0 Å². The number of nitrogens with two attached hydrogens (primary N) is 3. The maximum atomic E-state index is 13.0. The average Bonchev–Trinajstić information content (AvgIpc) is 0.818. The molecule has 7 fully saturated rings. The van der Waals surface area contributed by atoms with Crippen LogP contribution >= 0.6 is 0 Å². The lowest BCUT2D eigenvalue weighted by molar-refractivity contribution is -0.143. The first-order valence-electron chi connectivity index (χ1n) is 53.2. The number of carboxylic acid groups (broad SMARTS) is 1. The third kappa shape index (κ3) is 44.9. The Morgan fingerprint density at radius 2 is 0.632 bits per heavy atom. The monoisotopic (exact) mass is 1960 g/mol. The zero-order chi connectivity index (χ0) is 104. The fraction of sp³-hybridized carbons (Fsp3) is 0.540. The molecule has 0 saturated heterocycles. The van der Waals surface area contributed by atoms with E-state index in [0.717, 1.165) is 254 Å². The fourth-order valence-corrected chi connectivity index (χ4v) is 20.0. The number of aliphatic carboxylic acids is 1. The third-order valence-corrected chi connectivity index (χ3v) is 28.8. The van der Waals surface area contributed by atoms with Crippen molar-refractivity contribution in [2.75, 3.05) is 63.8 Å². The summed E-state index contributed by atoms with van der Waals surface area (Å²) in [6, 6.07) is 62.2. The molecule has 26 nitrogen and oxygen atoms in total. The third-order valence-electron chi connectivity index (χ3n) is 28.8. The van der Waals surface area contributed by atoms with Gasteiger partial charge >= 0.3 is 12.1 Å². The summed E-state index contributed by atoms with van der Waals surface area (Å²) >= 11 is 0. The molecule has 768 valence electrons. The Labute approximate surface area is 862 Å². The highest BCUT2D eigenvalue weighted by Gasteiger charge is 2.31. The smallest absolute Gasteiger partial charge is 0.407 e. The van der Waals surface area contributed by atoms with E-state index in [0.29, 0.717) is 105 Å². The van der Waals surface area contributed by atoms with E-state index in [-0.39, 0.29) is 54.5 Å². The standard InChI is InChI=1S/C33H45N3O.C19H21BN2O2.C18H22N2O.C16H21BN2O3.C9H14BNO3.2C8H15BN2O.C2H6/c1-3-5-22-36(23-6-4-2)30-20-16-27(17-21-30)25-34-24-26-14-18-29(19-15-26)35-33(37)32-13-9-11-28-10-7-8-12-31(28)32;20-19(24)21-12-13-8-10-15(11-9-13)22-18(23)17-7-3-5-14-4-1-2-6-16(14)17;19-12-13-8-10-15(11-9-13)20-18(21)17-7-3-5-14-4-1-2-6-16(14)17;17-15(20)18-10-12-6-8-14(9-7-12)19-16(21)22-11-13-4-2-1-3-5-13;10-9(14)11-5-6-1-3-7(4-2-6)8(12)13;2*9-8(12)11-5-6-1-3-7(10)4-2-6;1-2/h7-13,16-17,20-21,26,29,34H,3-6,14-15,18-19,22-25H2,1-2H3,(H,35,37);1-7,13,15H,8-12H2,(H,21,24)(H,22,23);1-7,13,15H,8-12,19H2,(H,20,21);1-5,12,14H,6-11H2,(H,18,20)(H,19,21);6-7H,1-5H2,(H,11,14)(H,12,13);2*6-7H,1-5,10H2,(H,11,12);1-2H3. The number of carboxylic acids is 1. The number of hydrogen-bond donors (Lipinski definition) is 14. The minimum absolute atomic E-state index is 0.00879. The number of ether oxygens (including phenoxy) is 1. The molecule has 17 N–H and O–H groups in total. The van der Waals surface area contributed by atoms with Gasteiger partial charge in [-0.15, -0.1) is 0 Å². The number of benzene rings is 8. The highest BCUT2D eigenvalue weighted by atomic mass is 16.5. The Balaban J connectivity index is 0.000000212. The number of anilines is 1. The zero-order valence-corrected chi connectivity index (χ0v) is 85.8. The predicted molar refractivity (Wildman–Crippen MR) is 586 cm³/mol. The van der Waals surface area contributed by atoms with E-state index in [1.165, 1.54) is 36.9 Å². The Hall–Kier alpha value is -11.0. The molecular weight excluding hydrogens is 1800 g/mol. The molecule has 0 unspecified atom stereocenters. The average molecular weight is 1960 g/mol. The van der Waals surface area contributed by atoms with E-state index < -0.39 is 35.0 Å². The summed E-state index contributed by atoms with van der Waals surface area (Å²) in [5.74, 6) is 0.636. The van der Waals surface area contributed by atoms with Crippen LogP contribution in [0, 0.1) is 47.3 Å². The highest BCUT2D eigenvalue weighted by Crippen LogP contribution is 2.33. The number of nitrogens with one attached hydrogen (secondary N) is 10. The molecule has 8 aromatic rings. The Bertz CT molecular complexity index is 5070. The van der Waals surface area contributed by atoms with Gasteiger partial charge in [-0.1, -0.05) is 192 Å². The molecule has 8 aromatic carbocycles. The lowest BCUT2D eigenvalue weighted by atomic mass is 9.82. The second-order valence-electron chi connectivity index (χ2n) is 39.6. The Morgan fingerprint density at radius 1 is 0.340 bits per heavy atom. The molecule has 31 heteroatoms. The van der Waals surface area contributed by atoms with Crippen LogP contribution in [0.15, 0.2) is 182 Å². The number of carbonyl (C=O) groups is 10. The van der Waals surface area contributed by atoms with Gasteiger partial charge in [-0.05, 0) is 321 Å². The first kappa shape index (κ1) is 118. The van der Waals surface area contributed by atoms with Crippen molar-refractivity contribution in [3.63, 3.8) is 0 Å². The number of alkyl carbamates (subject to hydrolysis) is 1. The molecule has 10 radical (unpaired) electrons. The summed E-state index contributed by atoms with van der Waals surface area (Å²) in [7, 11) is 25.0. The Morgan fingerprint density at radius 3 is 0.951 bits per heavy atom. The second kappa shape index (κ2) is 66.9. The minimum Gasteiger partial charge on any atom is -0.481 e. The van der Waals surface area contributed by atoms with E-state index in [9.17, 15) is 47.9 Å². The number of rotatable bonds is 32. The minimum atomic E-state index is -0.702. The molecule has 0 heterocycles. The van der Waals surface area contributed by atoms with Gasteiger partial charge < -0.3 is 85.1 Å².